The Labute approximate surface area is 128 Å². The lowest BCUT2D eigenvalue weighted by molar-refractivity contribution is -0.142. The number of rotatable bonds is 9. The Balaban J connectivity index is 2.46. The smallest absolute Gasteiger partial charge is 0.307 e. The minimum atomic E-state index is -3.57. The van der Waals surface area contributed by atoms with E-state index >= 15 is 0 Å². The minimum absolute atomic E-state index is 0.0766. The number of nitrogens with one attached hydrogen (secondary N) is 1. The third-order valence-electron chi connectivity index (χ3n) is 3.91. The highest BCUT2D eigenvalue weighted by Crippen LogP contribution is 2.19. The second-order valence-corrected chi connectivity index (χ2v) is 7.61. The van der Waals surface area contributed by atoms with Gasteiger partial charge in [0.2, 0.25) is 0 Å². The molecular weight excluding hydrogens is 292 g/mol. The maximum Gasteiger partial charge on any atom is 0.307 e. The van der Waals surface area contributed by atoms with Crippen LogP contribution in [-0.2, 0) is 15.0 Å². The Morgan fingerprint density at radius 3 is 2.71 bits per heavy atom. The van der Waals surface area contributed by atoms with Crippen LogP contribution in [0.2, 0.25) is 0 Å². The molecule has 6 nitrogen and oxygen atoms in total. The summed E-state index contributed by atoms with van der Waals surface area (Å²) in [5, 5.41) is 9.03. The van der Waals surface area contributed by atoms with Crippen LogP contribution in [0.3, 0.4) is 0 Å². The molecule has 0 aliphatic carbocycles. The van der Waals surface area contributed by atoms with Crippen molar-refractivity contribution in [3.8, 4) is 0 Å². The molecule has 7 heteroatoms. The van der Waals surface area contributed by atoms with Gasteiger partial charge in [-0.25, -0.2) is 0 Å². The summed E-state index contributed by atoms with van der Waals surface area (Å²) in [7, 11) is -3.57. The summed E-state index contributed by atoms with van der Waals surface area (Å²) >= 11 is 0. The predicted molar refractivity (Wildman–Crippen MR) is 82.2 cm³/mol. The van der Waals surface area contributed by atoms with E-state index in [4.69, 9.17) is 5.11 Å². The number of aliphatic carboxylic acids is 1. The molecule has 2 unspecified atom stereocenters. The van der Waals surface area contributed by atoms with Gasteiger partial charge in [-0.2, -0.15) is 17.4 Å². The summed E-state index contributed by atoms with van der Waals surface area (Å²) in [5.41, 5.74) is 0. The van der Waals surface area contributed by atoms with Crippen molar-refractivity contribution in [2.45, 2.75) is 64.8 Å². The fourth-order valence-electron chi connectivity index (χ4n) is 2.63. The summed E-state index contributed by atoms with van der Waals surface area (Å²) in [6.07, 6.45) is 6.42. The van der Waals surface area contributed by atoms with Crippen molar-refractivity contribution in [3.63, 3.8) is 0 Å². The van der Waals surface area contributed by atoms with Gasteiger partial charge >= 0.3 is 5.97 Å². The number of piperidine rings is 1. The first-order valence-corrected chi connectivity index (χ1v) is 9.31. The van der Waals surface area contributed by atoms with Crippen LogP contribution < -0.4 is 4.72 Å². The van der Waals surface area contributed by atoms with Crippen LogP contribution in [0.5, 0.6) is 0 Å². The number of unbranched alkanes of at least 4 members (excludes halogenated alkanes) is 3. The zero-order chi connectivity index (χ0) is 15.9. The molecule has 0 spiro atoms. The zero-order valence-electron chi connectivity index (χ0n) is 13.0. The molecule has 0 aromatic heterocycles. The van der Waals surface area contributed by atoms with E-state index in [0.717, 1.165) is 25.7 Å². The van der Waals surface area contributed by atoms with Crippen LogP contribution in [0.1, 0.15) is 58.8 Å². The van der Waals surface area contributed by atoms with Crippen LogP contribution in [0.25, 0.3) is 0 Å². The van der Waals surface area contributed by atoms with Crippen LogP contribution in [-0.4, -0.2) is 42.9 Å². The standard InChI is InChI=1S/C14H28N2O4S/c1-3-4-5-6-8-12(2)15-21(19,20)16-10-7-9-13(11-16)14(17)18/h12-13,15H,3-11H2,1-2H3,(H,17,18). The van der Waals surface area contributed by atoms with Gasteiger partial charge in [-0.1, -0.05) is 32.6 Å². The number of carboxylic acids is 1. The highest BCUT2D eigenvalue weighted by atomic mass is 32.2. The third-order valence-corrected chi connectivity index (χ3v) is 5.63. The minimum Gasteiger partial charge on any atom is -0.481 e. The van der Waals surface area contributed by atoms with Crippen LogP contribution in [0.15, 0.2) is 0 Å². The molecule has 1 saturated heterocycles. The monoisotopic (exact) mass is 320 g/mol. The van der Waals surface area contributed by atoms with Gasteiger partial charge in [0.25, 0.3) is 10.2 Å². The number of nitrogens with zero attached hydrogens (tertiary/aromatic N) is 1. The van der Waals surface area contributed by atoms with E-state index < -0.39 is 22.1 Å². The first-order valence-electron chi connectivity index (χ1n) is 7.87. The number of hydrogen-bond acceptors (Lipinski definition) is 3. The van der Waals surface area contributed by atoms with Gasteiger partial charge in [-0.15, -0.1) is 0 Å². The first-order chi connectivity index (χ1) is 9.86. The van der Waals surface area contributed by atoms with E-state index in [2.05, 4.69) is 11.6 Å². The molecule has 0 bridgehead atoms. The topological polar surface area (TPSA) is 86.7 Å². The highest BCUT2D eigenvalue weighted by molar-refractivity contribution is 7.87. The van der Waals surface area contributed by atoms with E-state index in [-0.39, 0.29) is 12.6 Å². The molecule has 1 aliphatic heterocycles. The molecular formula is C14H28N2O4S. The zero-order valence-corrected chi connectivity index (χ0v) is 13.9. The quantitative estimate of drug-likeness (QED) is 0.636. The van der Waals surface area contributed by atoms with Crippen molar-refractivity contribution in [1.29, 1.82) is 0 Å². The van der Waals surface area contributed by atoms with E-state index in [0.29, 0.717) is 19.4 Å². The fourth-order valence-corrected chi connectivity index (χ4v) is 4.15. The van der Waals surface area contributed by atoms with Gasteiger partial charge in [0.1, 0.15) is 0 Å². The lowest BCUT2D eigenvalue weighted by atomic mass is 10.0. The second-order valence-electron chi connectivity index (χ2n) is 5.91. The molecule has 21 heavy (non-hydrogen) atoms. The van der Waals surface area contributed by atoms with Crippen LogP contribution in [0, 0.1) is 5.92 Å². The number of hydrogen-bond donors (Lipinski definition) is 2. The van der Waals surface area contributed by atoms with Crippen molar-refractivity contribution in [2.75, 3.05) is 13.1 Å². The average molecular weight is 320 g/mol. The SMILES string of the molecule is CCCCCCC(C)NS(=O)(=O)N1CCCC(C(=O)O)C1. The fraction of sp³-hybridized carbons (Fsp3) is 0.929. The first kappa shape index (κ1) is 18.4. The van der Waals surface area contributed by atoms with Crippen molar-refractivity contribution in [3.05, 3.63) is 0 Å². The van der Waals surface area contributed by atoms with Crippen LogP contribution >= 0.6 is 0 Å². The van der Waals surface area contributed by atoms with Crippen molar-refractivity contribution in [1.82, 2.24) is 9.03 Å². The van der Waals surface area contributed by atoms with Gasteiger partial charge < -0.3 is 5.11 Å². The van der Waals surface area contributed by atoms with Gasteiger partial charge in [-0.3, -0.25) is 4.79 Å². The molecule has 0 radical (unpaired) electrons. The highest BCUT2D eigenvalue weighted by Gasteiger charge is 2.32. The Bertz CT molecular complexity index is 425. The molecule has 1 heterocycles. The van der Waals surface area contributed by atoms with Crippen molar-refractivity contribution >= 4 is 16.2 Å². The van der Waals surface area contributed by atoms with E-state index in [1.807, 2.05) is 6.92 Å². The summed E-state index contributed by atoms with van der Waals surface area (Å²) in [4.78, 5) is 11.0. The normalized spacial score (nSPS) is 22.1. The Morgan fingerprint density at radius 1 is 1.38 bits per heavy atom. The molecule has 0 aromatic rings. The number of carbonyl (C=O) groups is 1. The van der Waals surface area contributed by atoms with Gasteiger partial charge in [-0.05, 0) is 26.2 Å². The average Bonchev–Trinajstić information content (AvgIpc) is 2.43. The maximum atomic E-state index is 12.3. The molecule has 0 amide bonds. The van der Waals surface area contributed by atoms with Crippen LogP contribution in [0.4, 0.5) is 0 Å². The van der Waals surface area contributed by atoms with E-state index in [9.17, 15) is 13.2 Å². The van der Waals surface area contributed by atoms with Crippen molar-refractivity contribution < 1.29 is 18.3 Å². The molecule has 1 fully saturated rings. The molecule has 2 atom stereocenters. The Kier molecular flexibility index (Phi) is 7.62. The molecule has 1 aliphatic rings. The number of carboxylic acid groups (broad SMARTS) is 1. The van der Waals surface area contributed by atoms with Gasteiger partial charge in [0.15, 0.2) is 0 Å². The lowest BCUT2D eigenvalue weighted by Gasteiger charge is -2.30. The predicted octanol–water partition coefficient (Wildman–Crippen LogP) is 1.98. The van der Waals surface area contributed by atoms with Crippen molar-refractivity contribution in [2.24, 2.45) is 5.92 Å². The molecule has 1 rings (SSSR count). The molecule has 2 N–H and O–H groups in total. The summed E-state index contributed by atoms with van der Waals surface area (Å²) in [5.74, 6) is -1.50. The van der Waals surface area contributed by atoms with E-state index in [1.54, 1.807) is 0 Å². The second kappa shape index (κ2) is 8.70. The molecule has 0 saturated carbocycles. The summed E-state index contributed by atoms with van der Waals surface area (Å²) in [6, 6.07) is -0.114. The molecule has 124 valence electrons. The van der Waals surface area contributed by atoms with E-state index in [1.165, 1.54) is 10.7 Å². The largest absolute Gasteiger partial charge is 0.481 e. The lowest BCUT2D eigenvalue weighted by Crippen LogP contribution is -2.49. The Hall–Kier alpha value is -0.660. The Morgan fingerprint density at radius 2 is 2.10 bits per heavy atom. The molecule has 0 aromatic carbocycles. The van der Waals surface area contributed by atoms with Gasteiger partial charge in [0, 0.05) is 19.1 Å². The third kappa shape index (κ3) is 6.32. The van der Waals surface area contributed by atoms with Gasteiger partial charge in [0.05, 0.1) is 5.92 Å². The summed E-state index contributed by atoms with van der Waals surface area (Å²) in [6.45, 7) is 4.48. The maximum absolute atomic E-state index is 12.3. The summed E-state index contributed by atoms with van der Waals surface area (Å²) < 4.78 is 28.5.